The summed E-state index contributed by atoms with van der Waals surface area (Å²) in [6.07, 6.45) is 3.73. The highest BCUT2D eigenvalue weighted by molar-refractivity contribution is 7.85. The highest BCUT2D eigenvalue weighted by Gasteiger charge is 2.23. The Labute approximate surface area is 173 Å². The molecule has 0 bridgehead atoms. The maximum Gasteiger partial charge on any atom is 0.139 e. The van der Waals surface area contributed by atoms with E-state index >= 15 is 0 Å². The molecule has 1 aliphatic heterocycles. The zero-order valence-corrected chi connectivity index (χ0v) is 19.2. The molecule has 0 fully saturated rings. The molecule has 2 atom stereocenters. The van der Waals surface area contributed by atoms with E-state index in [1.807, 2.05) is 0 Å². The van der Waals surface area contributed by atoms with E-state index in [4.69, 9.17) is 11.6 Å². The van der Waals surface area contributed by atoms with Crippen molar-refractivity contribution in [1.82, 2.24) is 16.5 Å². The SMILES string of the molecule is CC(C)(CCS(=O)CCCS(=O)CCC(C)(C)C/C(N)=N/N)CC1=NNNN1. The largest absolute Gasteiger partial charge is 0.386 e. The van der Waals surface area contributed by atoms with Gasteiger partial charge in [-0.1, -0.05) is 27.7 Å². The van der Waals surface area contributed by atoms with Crippen LogP contribution in [-0.4, -0.2) is 43.1 Å². The standard InChI is InChI=1S/C17H37N7O2S2/c1-16(2,12-14(18)20-19)6-10-27(25)8-5-9-28(26)11-7-17(3,4)13-15-21-23-24-22-15/h23-24H,5-13,19H2,1-4H3,(H2,18,20)(H,21,22). The molecule has 0 aliphatic carbocycles. The molecule has 0 spiro atoms. The minimum Gasteiger partial charge on any atom is -0.386 e. The van der Waals surface area contributed by atoms with Crippen molar-refractivity contribution in [1.29, 1.82) is 0 Å². The predicted octanol–water partition coefficient (Wildman–Crippen LogP) is 0.644. The minimum absolute atomic E-state index is 0.0122. The van der Waals surface area contributed by atoms with Gasteiger partial charge in [0, 0.05) is 57.5 Å². The van der Waals surface area contributed by atoms with E-state index in [0.717, 1.165) is 25.1 Å². The van der Waals surface area contributed by atoms with Gasteiger partial charge in [-0.15, -0.1) is 10.6 Å². The van der Waals surface area contributed by atoms with Crippen LogP contribution in [0.2, 0.25) is 0 Å². The van der Waals surface area contributed by atoms with E-state index in [2.05, 4.69) is 54.4 Å². The van der Waals surface area contributed by atoms with Gasteiger partial charge in [-0.05, 0) is 30.1 Å². The van der Waals surface area contributed by atoms with Gasteiger partial charge in [-0.3, -0.25) is 13.8 Å². The average molecular weight is 436 g/mol. The van der Waals surface area contributed by atoms with Crippen LogP contribution in [0, 0.1) is 10.8 Å². The first-order valence-electron chi connectivity index (χ1n) is 9.58. The lowest BCUT2D eigenvalue weighted by Gasteiger charge is -2.24. The fraction of sp³-hybridized carbons (Fsp3) is 0.882. The van der Waals surface area contributed by atoms with Gasteiger partial charge in [0.15, 0.2) is 0 Å². The summed E-state index contributed by atoms with van der Waals surface area (Å²) in [5.41, 5.74) is 13.9. The van der Waals surface area contributed by atoms with E-state index in [0.29, 0.717) is 41.7 Å². The van der Waals surface area contributed by atoms with Crippen LogP contribution in [0.4, 0.5) is 0 Å². The normalized spacial score (nSPS) is 17.6. The summed E-state index contributed by atoms with van der Waals surface area (Å²) in [4.78, 5) is 0. The Morgan fingerprint density at radius 1 is 1.04 bits per heavy atom. The Kier molecular flexibility index (Phi) is 10.4. The van der Waals surface area contributed by atoms with Crippen molar-refractivity contribution in [2.45, 2.75) is 59.8 Å². The third kappa shape index (κ3) is 11.0. The Morgan fingerprint density at radius 2 is 1.61 bits per heavy atom. The molecular weight excluding hydrogens is 398 g/mol. The number of nitrogens with one attached hydrogen (secondary N) is 3. The summed E-state index contributed by atoms with van der Waals surface area (Å²) in [6.45, 7) is 8.42. The van der Waals surface area contributed by atoms with Crippen LogP contribution in [0.15, 0.2) is 10.2 Å². The first-order chi connectivity index (χ1) is 13.0. The molecule has 1 aliphatic rings. The molecule has 9 nitrogen and oxygen atoms in total. The van der Waals surface area contributed by atoms with Crippen molar-refractivity contribution in [3.63, 3.8) is 0 Å². The molecule has 0 aromatic rings. The van der Waals surface area contributed by atoms with Gasteiger partial charge in [0.2, 0.25) is 0 Å². The Hall–Kier alpha value is -1.20. The van der Waals surface area contributed by atoms with Gasteiger partial charge in [-0.2, -0.15) is 5.10 Å². The lowest BCUT2D eigenvalue weighted by molar-refractivity contribution is 0.367. The molecule has 0 radical (unpaired) electrons. The molecular formula is C17H37N7O2S2. The molecule has 28 heavy (non-hydrogen) atoms. The van der Waals surface area contributed by atoms with Crippen LogP contribution in [0.3, 0.4) is 0 Å². The van der Waals surface area contributed by atoms with Gasteiger partial charge < -0.3 is 11.6 Å². The van der Waals surface area contributed by atoms with E-state index < -0.39 is 21.6 Å². The lowest BCUT2D eigenvalue weighted by Crippen LogP contribution is -2.36. The topological polar surface area (TPSA) is 147 Å². The maximum absolute atomic E-state index is 12.3. The van der Waals surface area contributed by atoms with Crippen LogP contribution in [0.1, 0.15) is 59.8 Å². The second-order valence-corrected chi connectivity index (χ2v) is 12.2. The quantitative estimate of drug-likeness (QED) is 0.116. The smallest absolute Gasteiger partial charge is 0.139 e. The lowest BCUT2D eigenvalue weighted by atomic mass is 9.86. The zero-order chi connectivity index (χ0) is 21.2. The van der Waals surface area contributed by atoms with E-state index in [-0.39, 0.29) is 10.8 Å². The maximum atomic E-state index is 12.3. The minimum atomic E-state index is -0.908. The highest BCUT2D eigenvalue weighted by atomic mass is 32.2. The predicted molar refractivity (Wildman–Crippen MR) is 119 cm³/mol. The van der Waals surface area contributed by atoms with Gasteiger partial charge >= 0.3 is 0 Å². The Bertz CT molecular complexity index is 606. The third-order valence-corrected chi connectivity index (χ3v) is 7.49. The van der Waals surface area contributed by atoms with Crippen LogP contribution >= 0.6 is 0 Å². The number of amidine groups is 2. The molecule has 0 saturated carbocycles. The summed E-state index contributed by atoms with van der Waals surface area (Å²) in [5.74, 6) is 8.90. The number of nitrogens with zero attached hydrogens (tertiary/aromatic N) is 2. The van der Waals surface area contributed by atoms with Crippen molar-refractivity contribution in [2.24, 2.45) is 32.6 Å². The molecule has 0 saturated heterocycles. The first-order valence-corrected chi connectivity index (χ1v) is 12.6. The van der Waals surface area contributed by atoms with Crippen LogP contribution < -0.4 is 28.1 Å². The summed E-state index contributed by atoms with van der Waals surface area (Å²) in [6, 6.07) is 0. The molecule has 164 valence electrons. The van der Waals surface area contributed by atoms with E-state index in [9.17, 15) is 8.42 Å². The van der Waals surface area contributed by atoms with Crippen LogP contribution in [-0.2, 0) is 21.6 Å². The molecule has 0 amide bonds. The second kappa shape index (κ2) is 11.7. The Morgan fingerprint density at radius 3 is 2.11 bits per heavy atom. The van der Waals surface area contributed by atoms with Gasteiger partial charge in [0.25, 0.3) is 0 Å². The summed E-state index contributed by atoms with van der Waals surface area (Å²) >= 11 is 0. The molecule has 7 N–H and O–H groups in total. The van der Waals surface area contributed by atoms with E-state index in [1.165, 1.54) is 0 Å². The number of nitrogens with two attached hydrogens (primary N) is 2. The molecule has 0 aromatic heterocycles. The van der Waals surface area contributed by atoms with Gasteiger partial charge in [0.05, 0.1) is 0 Å². The molecule has 11 heteroatoms. The fourth-order valence-corrected chi connectivity index (χ4v) is 5.92. The molecule has 1 rings (SSSR count). The highest BCUT2D eigenvalue weighted by Crippen LogP contribution is 2.26. The van der Waals surface area contributed by atoms with E-state index in [1.54, 1.807) is 0 Å². The monoisotopic (exact) mass is 435 g/mol. The molecule has 2 unspecified atom stereocenters. The zero-order valence-electron chi connectivity index (χ0n) is 17.5. The summed E-state index contributed by atoms with van der Waals surface area (Å²) in [7, 11) is -1.80. The number of hydrogen-bond donors (Lipinski definition) is 5. The van der Waals surface area contributed by atoms with Crippen LogP contribution in [0.5, 0.6) is 0 Å². The van der Waals surface area contributed by atoms with Crippen molar-refractivity contribution in [3.05, 3.63) is 0 Å². The molecule has 0 aromatic carbocycles. The summed E-state index contributed by atoms with van der Waals surface area (Å²) in [5, 5.41) is 7.59. The van der Waals surface area contributed by atoms with Gasteiger partial charge in [-0.25, -0.2) is 5.53 Å². The fourth-order valence-electron chi connectivity index (χ4n) is 2.84. The van der Waals surface area contributed by atoms with Crippen molar-refractivity contribution >= 4 is 33.3 Å². The van der Waals surface area contributed by atoms with Crippen molar-refractivity contribution in [3.8, 4) is 0 Å². The number of hydrazine groups is 2. The first kappa shape index (κ1) is 24.8. The molecule has 1 heterocycles. The second-order valence-electron chi connectivity index (χ2n) is 8.77. The third-order valence-electron chi connectivity index (χ3n) is 4.68. The summed E-state index contributed by atoms with van der Waals surface area (Å²) < 4.78 is 24.5. The van der Waals surface area contributed by atoms with Crippen molar-refractivity contribution < 1.29 is 8.42 Å². The number of hydrogen-bond acceptors (Lipinski definition) is 8. The number of rotatable bonds is 14. The average Bonchev–Trinajstić information content (AvgIpc) is 3.10. The van der Waals surface area contributed by atoms with Crippen molar-refractivity contribution in [2.75, 3.05) is 23.0 Å². The van der Waals surface area contributed by atoms with Gasteiger partial charge in [0.1, 0.15) is 11.7 Å². The Balaban J connectivity index is 2.20. The number of hydrazone groups is 2. The van der Waals surface area contributed by atoms with Crippen LogP contribution in [0.25, 0.3) is 0 Å².